The number of nitrogens with one attached hydrogen (secondary N) is 2. The number of aryl methyl sites for hydroxylation is 1. The number of rotatable bonds is 5. The Bertz CT molecular complexity index is 1220. The predicted octanol–water partition coefficient (Wildman–Crippen LogP) is 5.32. The standard InChI is InChI=1S/C22H21N3O3S/c1-4-12(2)14-7-9-15(10-8-14)23-21(27)18-13(3)17-20(26)24-19(25-22(17)29-18)16-6-5-11-28-16/h5-12H,4H2,1-3H3,(H,23,27)(H,24,25,26)/t12-/m0/s1. The number of nitrogens with zero attached hydrogens (tertiary/aromatic N) is 1. The maximum absolute atomic E-state index is 12.8. The van der Waals surface area contributed by atoms with E-state index in [-0.39, 0.29) is 11.5 Å². The van der Waals surface area contributed by atoms with Crippen molar-refractivity contribution in [3.63, 3.8) is 0 Å². The first-order valence-electron chi connectivity index (χ1n) is 9.46. The highest BCUT2D eigenvalue weighted by atomic mass is 32.1. The Labute approximate surface area is 171 Å². The van der Waals surface area contributed by atoms with Crippen molar-refractivity contribution in [1.82, 2.24) is 9.97 Å². The van der Waals surface area contributed by atoms with Gasteiger partial charge in [-0.2, -0.15) is 0 Å². The number of aromatic amines is 1. The normalized spacial score (nSPS) is 12.2. The smallest absolute Gasteiger partial charge is 0.266 e. The number of furan rings is 1. The van der Waals surface area contributed by atoms with Gasteiger partial charge in [0.25, 0.3) is 11.5 Å². The second-order valence-electron chi connectivity index (χ2n) is 7.01. The number of amides is 1. The Morgan fingerprint density at radius 1 is 1.28 bits per heavy atom. The summed E-state index contributed by atoms with van der Waals surface area (Å²) in [6.45, 7) is 6.09. The van der Waals surface area contributed by atoms with E-state index >= 15 is 0 Å². The van der Waals surface area contributed by atoms with E-state index in [0.717, 1.165) is 12.1 Å². The maximum Gasteiger partial charge on any atom is 0.266 e. The van der Waals surface area contributed by atoms with Crippen molar-refractivity contribution in [2.24, 2.45) is 0 Å². The first kappa shape index (κ1) is 19.1. The van der Waals surface area contributed by atoms with Crippen LogP contribution in [0.3, 0.4) is 0 Å². The molecule has 0 aliphatic carbocycles. The molecule has 0 fully saturated rings. The lowest BCUT2D eigenvalue weighted by Crippen LogP contribution is -2.12. The van der Waals surface area contributed by atoms with E-state index in [4.69, 9.17) is 4.42 Å². The highest BCUT2D eigenvalue weighted by molar-refractivity contribution is 7.20. The highest BCUT2D eigenvalue weighted by Crippen LogP contribution is 2.29. The zero-order chi connectivity index (χ0) is 20.5. The van der Waals surface area contributed by atoms with Gasteiger partial charge in [-0.15, -0.1) is 11.3 Å². The first-order chi connectivity index (χ1) is 14.0. The summed E-state index contributed by atoms with van der Waals surface area (Å²) < 4.78 is 5.31. The predicted molar refractivity (Wildman–Crippen MR) is 116 cm³/mol. The van der Waals surface area contributed by atoms with E-state index in [1.165, 1.54) is 23.2 Å². The van der Waals surface area contributed by atoms with Crippen molar-refractivity contribution in [1.29, 1.82) is 0 Å². The van der Waals surface area contributed by atoms with Gasteiger partial charge in [0.15, 0.2) is 11.6 Å². The van der Waals surface area contributed by atoms with E-state index in [1.807, 2.05) is 24.3 Å². The molecule has 0 spiro atoms. The lowest BCUT2D eigenvalue weighted by atomic mass is 9.99. The van der Waals surface area contributed by atoms with Gasteiger partial charge >= 0.3 is 0 Å². The van der Waals surface area contributed by atoms with Crippen LogP contribution < -0.4 is 10.9 Å². The van der Waals surface area contributed by atoms with Gasteiger partial charge in [-0.1, -0.05) is 26.0 Å². The van der Waals surface area contributed by atoms with Crippen LogP contribution in [-0.2, 0) is 0 Å². The third-order valence-corrected chi connectivity index (χ3v) is 6.30. The zero-order valence-corrected chi connectivity index (χ0v) is 17.2. The van der Waals surface area contributed by atoms with E-state index in [0.29, 0.717) is 38.2 Å². The topological polar surface area (TPSA) is 88.0 Å². The molecule has 4 rings (SSSR count). The Hall–Kier alpha value is -3.19. The number of aromatic nitrogens is 2. The number of fused-ring (bicyclic) bond motifs is 1. The van der Waals surface area contributed by atoms with Crippen LogP contribution in [0.25, 0.3) is 21.8 Å². The van der Waals surface area contributed by atoms with E-state index in [2.05, 4.69) is 29.1 Å². The molecule has 4 aromatic rings. The molecule has 0 unspecified atom stereocenters. The molecule has 0 bridgehead atoms. The molecule has 0 aliphatic rings. The molecule has 7 heteroatoms. The van der Waals surface area contributed by atoms with Gasteiger partial charge in [0.2, 0.25) is 0 Å². The summed E-state index contributed by atoms with van der Waals surface area (Å²) in [5.41, 5.74) is 2.30. The van der Waals surface area contributed by atoms with Gasteiger partial charge in [0, 0.05) is 5.69 Å². The van der Waals surface area contributed by atoms with Crippen molar-refractivity contribution in [3.8, 4) is 11.6 Å². The van der Waals surface area contributed by atoms with Crippen LogP contribution in [0, 0.1) is 6.92 Å². The molecule has 2 N–H and O–H groups in total. The van der Waals surface area contributed by atoms with Gasteiger partial charge in [-0.05, 0) is 54.7 Å². The van der Waals surface area contributed by atoms with Crippen LogP contribution in [0.2, 0.25) is 0 Å². The summed E-state index contributed by atoms with van der Waals surface area (Å²) in [6.07, 6.45) is 2.58. The summed E-state index contributed by atoms with van der Waals surface area (Å²) in [4.78, 5) is 33.6. The average molecular weight is 407 g/mol. The SMILES string of the molecule is CC[C@H](C)c1ccc(NC(=O)c2sc3nc(-c4ccco4)[nH]c(=O)c3c2C)cc1. The summed E-state index contributed by atoms with van der Waals surface area (Å²) in [7, 11) is 0. The van der Waals surface area contributed by atoms with Crippen LogP contribution >= 0.6 is 11.3 Å². The number of carbonyl (C=O) groups is 1. The number of thiophene rings is 1. The number of hydrogen-bond donors (Lipinski definition) is 2. The van der Waals surface area contributed by atoms with Gasteiger partial charge in [0.05, 0.1) is 16.5 Å². The molecule has 148 valence electrons. The molecule has 1 atom stereocenters. The van der Waals surface area contributed by atoms with Crippen LogP contribution in [-0.4, -0.2) is 15.9 Å². The molecule has 29 heavy (non-hydrogen) atoms. The molecule has 3 heterocycles. The summed E-state index contributed by atoms with van der Waals surface area (Å²) in [5, 5.41) is 3.35. The molecule has 6 nitrogen and oxygen atoms in total. The molecule has 3 aromatic heterocycles. The fourth-order valence-electron chi connectivity index (χ4n) is 3.21. The fourth-order valence-corrected chi connectivity index (χ4v) is 4.29. The van der Waals surface area contributed by atoms with Crippen LogP contribution in [0.1, 0.15) is 47.0 Å². The zero-order valence-electron chi connectivity index (χ0n) is 16.4. The van der Waals surface area contributed by atoms with E-state index < -0.39 is 0 Å². The minimum absolute atomic E-state index is 0.249. The summed E-state index contributed by atoms with van der Waals surface area (Å²) in [6, 6.07) is 11.3. The molecule has 0 saturated carbocycles. The van der Waals surface area contributed by atoms with Crippen LogP contribution in [0.15, 0.2) is 51.9 Å². The Balaban J connectivity index is 1.65. The molecule has 0 aliphatic heterocycles. The van der Waals surface area contributed by atoms with Gasteiger partial charge < -0.3 is 14.7 Å². The van der Waals surface area contributed by atoms with Crippen molar-refractivity contribution in [2.75, 3.05) is 5.32 Å². The highest BCUT2D eigenvalue weighted by Gasteiger charge is 2.20. The lowest BCUT2D eigenvalue weighted by molar-refractivity contribution is 0.103. The largest absolute Gasteiger partial charge is 0.461 e. The maximum atomic E-state index is 12.8. The summed E-state index contributed by atoms with van der Waals surface area (Å²) >= 11 is 1.20. The second kappa shape index (κ2) is 7.67. The minimum atomic E-state index is -0.285. The third-order valence-electron chi connectivity index (χ3n) is 5.11. The Morgan fingerprint density at radius 3 is 2.69 bits per heavy atom. The summed E-state index contributed by atoms with van der Waals surface area (Å²) in [5.74, 6) is 1.05. The van der Waals surface area contributed by atoms with E-state index in [9.17, 15) is 9.59 Å². The number of benzene rings is 1. The van der Waals surface area contributed by atoms with Gasteiger partial charge in [-0.25, -0.2) is 4.98 Å². The molecule has 0 radical (unpaired) electrons. The molecule has 0 saturated heterocycles. The quantitative estimate of drug-likeness (QED) is 0.469. The van der Waals surface area contributed by atoms with E-state index in [1.54, 1.807) is 19.1 Å². The number of anilines is 1. The minimum Gasteiger partial charge on any atom is -0.461 e. The lowest BCUT2D eigenvalue weighted by Gasteiger charge is -2.10. The molecule has 1 aromatic carbocycles. The number of H-pyrrole nitrogens is 1. The second-order valence-corrected chi connectivity index (χ2v) is 8.01. The molecular weight excluding hydrogens is 386 g/mol. The molecule has 1 amide bonds. The van der Waals surface area contributed by atoms with Crippen molar-refractivity contribution >= 4 is 33.1 Å². The van der Waals surface area contributed by atoms with Gasteiger partial charge in [-0.3, -0.25) is 9.59 Å². The third kappa shape index (κ3) is 3.61. The average Bonchev–Trinajstić information content (AvgIpc) is 3.36. The Kier molecular flexibility index (Phi) is 5.07. The van der Waals surface area contributed by atoms with Crippen LogP contribution in [0.5, 0.6) is 0 Å². The number of carbonyl (C=O) groups excluding carboxylic acids is 1. The monoisotopic (exact) mass is 407 g/mol. The first-order valence-corrected chi connectivity index (χ1v) is 10.3. The molecular formula is C22H21N3O3S. The fraction of sp³-hybridized carbons (Fsp3) is 0.227. The van der Waals surface area contributed by atoms with Crippen molar-refractivity contribution in [2.45, 2.75) is 33.1 Å². The Morgan fingerprint density at radius 2 is 2.03 bits per heavy atom. The van der Waals surface area contributed by atoms with Gasteiger partial charge in [0.1, 0.15) is 4.83 Å². The van der Waals surface area contributed by atoms with Crippen molar-refractivity contribution < 1.29 is 9.21 Å². The van der Waals surface area contributed by atoms with Crippen LogP contribution in [0.4, 0.5) is 5.69 Å². The van der Waals surface area contributed by atoms with Crippen molar-refractivity contribution in [3.05, 3.63) is 69.0 Å². The number of hydrogen-bond acceptors (Lipinski definition) is 5.